The average Bonchev–Trinajstić information content (AvgIpc) is 2.38. The summed E-state index contributed by atoms with van der Waals surface area (Å²) in [4.78, 5) is 12.7. The summed E-state index contributed by atoms with van der Waals surface area (Å²) in [6, 6.07) is 13.3. The van der Waals surface area contributed by atoms with Crippen molar-refractivity contribution in [3.8, 4) is 0 Å². The SMILES string of the molecule is C=S1c2ccccc2Cc2cccc([N+](=O)[O-])c21. The Balaban J connectivity index is 2.26. The molecule has 0 N–H and O–H groups in total. The molecule has 0 saturated carbocycles. The summed E-state index contributed by atoms with van der Waals surface area (Å²) >= 11 is 0. The van der Waals surface area contributed by atoms with Crippen LogP contribution in [0.25, 0.3) is 0 Å². The zero-order valence-electron chi connectivity index (χ0n) is 9.63. The van der Waals surface area contributed by atoms with Gasteiger partial charge in [0, 0.05) is 11.0 Å². The lowest BCUT2D eigenvalue weighted by Gasteiger charge is -2.22. The van der Waals surface area contributed by atoms with Gasteiger partial charge < -0.3 is 0 Å². The first-order valence-electron chi connectivity index (χ1n) is 5.56. The van der Waals surface area contributed by atoms with Crippen LogP contribution in [0, 0.1) is 10.1 Å². The molecule has 1 heterocycles. The minimum Gasteiger partial charge on any atom is -0.258 e. The first-order chi connectivity index (χ1) is 8.68. The van der Waals surface area contributed by atoms with Gasteiger partial charge in [-0.25, -0.2) is 0 Å². The van der Waals surface area contributed by atoms with E-state index in [9.17, 15) is 10.1 Å². The highest BCUT2D eigenvalue weighted by Gasteiger charge is 2.25. The van der Waals surface area contributed by atoms with Gasteiger partial charge in [-0.15, -0.1) is 10.5 Å². The Kier molecular flexibility index (Phi) is 2.52. The molecule has 2 aromatic rings. The van der Waals surface area contributed by atoms with Crippen LogP contribution >= 0.6 is 10.5 Å². The molecule has 0 amide bonds. The number of hydrogen-bond acceptors (Lipinski definition) is 2. The minimum absolute atomic E-state index is 0.195. The molecule has 18 heavy (non-hydrogen) atoms. The van der Waals surface area contributed by atoms with Crippen LogP contribution in [0.5, 0.6) is 0 Å². The maximum absolute atomic E-state index is 11.1. The summed E-state index contributed by atoms with van der Waals surface area (Å²) in [5.41, 5.74) is 2.45. The fraction of sp³-hybridized carbons (Fsp3) is 0.0714. The van der Waals surface area contributed by atoms with Crippen LogP contribution in [0.3, 0.4) is 0 Å². The van der Waals surface area contributed by atoms with Crippen molar-refractivity contribution < 1.29 is 4.92 Å². The molecular formula is C14H11NO2S. The molecule has 0 bridgehead atoms. The molecule has 0 spiro atoms. The highest BCUT2D eigenvalue weighted by molar-refractivity contribution is 8.14. The summed E-state index contributed by atoms with van der Waals surface area (Å²) in [5, 5.41) is 11.1. The van der Waals surface area contributed by atoms with Crippen molar-refractivity contribution in [3.05, 3.63) is 63.7 Å². The molecule has 1 unspecified atom stereocenters. The second-order valence-electron chi connectivity index (χ2n) is 4.20. The number of nitro benzene ring substituents is 1. The van der Waals surface area contributed by atoms with E-state index in [0.717, 1.165) is 21.8 Å². The van der Waals surface area contributed by atoms with Crippen molar-refractivity contribution in [3.63, 3.8) is 0 Å². The topological polar surface area (TPSA) is 43.1 Å². The van der Waals surface area contributed by atoms with Crippen LogP contribution in [0.15, 0.2) is 52.3 Å². The summed E-state index contributed by atoms with van der Waals surface area (Å²) in [6.45, 7) is 0. The normalized spacial score (nSPS) is 16.8. The third kappa shape index (κ3) is 1.57. The van der Waals surface area contributed by atoms with Gasteiger partial charge in [0.1, 0.15) is 0 Å². The second kappa shape index (κ2) is 4.07. The highest BCUT2D eigenvalue weighted by Crippen LogP contribution is 2.47. The van der Waals surface area contributed by atoms with Crippen LogP contribution in [0.4, 0.5) is 5.69 Å². The Morgan fingerprint density at radius 2 is 1.83 bits per heavy atom. The van der Waals surface area contributed by atoms with Gasteiger partial charge in [-0.3, -0.25) is 10.1 Å². The zero-order valence-corrected chi connectivity index (χ0v) is 10.4. The van der Waals surface area contributed by atoms with E-state index in [-0.39, 0.29) is 10.6 Å². The van der Waals surface area contributed by atoms with Crippen LogP contribution in [0.1, 0.15) is 11.1 Å². The smallest absolute Gasteiger partial charge is 0.258 e. The molecule has 0 aromatic heterocycles. The van der Waals surface area contributed by atoms with Crippen LogP contribution in [0.2, 0.25) is 0 Å². The molecule has 90 valence electrons. The molecule has 0 saturated heterocycles. The van der Waals surface area contributed by atoms with E-state index >= 15 is 0 Å². The van der Waals surface area contributed by atoms with E-state index in [0.29, 0.717) is 0 Å². The number of benzene rings is 2. The fourth-order valence-electron chi connectivity index (χ4n) is 2.34. The summed E-state index contributed by atoms with van der Waals surface area (Å²) < 4.78 is 0. The molecule has 1 aliphatic heterocycles. The lowest BCUT2D eigenvalue weighted by atomic mass is 10.0. The predicted octanol–water partition coefficient (Wildman–Crippen LogP) is 3.62. The lowest BCUT2D eigenvalue weighted by Crippen LogP contribution is -2.04. The lowest BCUT2D eigenvalue weighted by molar-refractivity contribution is -0.387. The van der Waals surface area contributed by atoms with Gasteiger partial charge in [0.25, 0.3) is 5.69 Å². The zero-order chi connectivity index (χ0) is 12.7. The minimum atomic E-state index is -0.464. The van der Waals surface area contributed by atoms with Gasteiger partial charge >= 0.3 is 0 Å². The van der Waals surface area contributed by atoms with Crippen molar-refractivity contribution in [2.24, 2.45) is 0 Å². The Hall–Kier alpha value is -1.94. The van der Waals surface area contributed by atoms with E-state index in [4.69, 9.17) is 0 Å². The number of hydrogen-bond donors (Lipinski definition) is 0. The molecule has 1 aliphatic rings. The van der Waals surface area contributed by atoms with Gasteiger partial charge in [-0.1, -0.05) is 36.2 Å². The Labute approximate surface area is 107 Å². The first-order valence-corrected chi connectivity index (χ1v) is 6.96. The molecule has 0 fully saturated rings. The van der Waals surface area contributed by atoms with Gasteiger partial charge in [-0.2, -0.15) is 0 Å². The third-order valence-electron chi connectivity index (χ3n) is 3.14. The average molecular weight is 257 g/mol. The van der Waals surface area contributed by atoms with Gasteiger partial charge in [0.05, 0.1) is 9.82 Å². The fourth-order valence-corrected chi connectivity index (χ4v) is 4.12. The Morgan fingerprint density at radius 3 is 2.61 bits per heavy atom. The molecule has 0 radical (unpaired) electrons. The first kappa shape index (κ1) is 11.2. The van der Waals surface area contributed by atoms with E-state index in [1.54, 1.807) is 12.1 Å². The standard InChI is InChI=1S/C14H11NO2S/c1-18-13-8-3-2-5-10(13)9-11-6-4-7-12(14(11)18)15(16)17/h2-8H,1,9H2. The molecule has 4 heteroatoms. The summed E-state index contributed by atoms with van der Waals surface area (Å²) in [7, 11) is -0.464. The predicted molar refractivity (Wildman–Crippen MR) is 73.6 cm³/mol. The van der Waals surface area contributed by atoms with Crippen LogP contribution in [-0.2, 0) is 6.42 Å². The van der Waals surface area contributed by atoms with Crippen molar-refractivity contribution in [1.82, 2.24) is 0 Å². The van der Waals surface area contributed by atoms with Gasteiger partial charge in [0.2, 0.25) is 0 Å². The quantitative estimate of drug-likeness (QED) is 0.379. The van der Waals surface area contributed by atoms with Gasteiger partial charge in [-0.05, 0) is 23.6 Å². The van der Waals surface area contributed by atoms with Crippen molar-refractivity contribution in [2.75, 3.05) is 0 Å². The Morgan fingerprint density at radius 1 is 1.11 bits per heavy atom. The van der Waals surface area contributed by atoms with E-state index in [1.165, 1.54) is 5.56 Å². The van der Waals surface area contributed by atoms with E-state index in [2.05, 4.69) is 11.9 Å². The molecule has 1 atom stereocenters. The maximum atomic E-state index is 11.1. The summed E-state index contributed by atoms with van der Waals surface area (Å²) in [6.07, 6.45) is 0.756. The van der Waals surface area contributed by atoms with Crippen LogP contribution < -0.4 is 0 Å². The largest absolute Gasteiger partial charge is 0.283 e. The van der Waals surface area contributed by atoms with Crippen LogP contribution in [-0.4, -0.2) is 10.8 Å². The number of fused-ring (bicyclic) bond motifs is 2. The molecular weight excluding hydrogens is 246 g/mol. The molecule has 2 aromatic carbocycles. The highest BCUT2D eigenvalue weighted by atomic mass is 32.2. The van der Waals surface area contributed by atoms with E-state index in [1.807, 2.05) is 24.3 Å². The number of nitrogens with zero attached hydrogens (tertiary/aromatic N) is 1. The monoisotopic (exact) mass is 257 g/mol. The van der Waals surface area contributed by atoms with Crippen molar-refractivity contribution in [1.29, 1.82) is 0 Å². The third-order valence-corrected chi connectivity index (χ3v) is 5.03. The van der Waals surface area contributed by atoms with Crippen molar-refractivity contribution >= 4 is 22.0 Å². The number of rotatable bonds is 1. The number of nitro groups is 1. The maximum Gasteiger partial charge on any atom is 0.283 e. The van der Waals surface area contributed by atoms with Crippen molar-refractivity contribution in [2.45, 2.75) is 16.2 Å². The van der Waals surface area contributed by atoms with Gasteiger partial charge in [0.15, 0.2) is 0 Å². The molecule has 0 aliphatic carbocycles. The summed E-state index contributed by atoms with van der Waals surface area (Å²) in [5.74, 6) is 4.15. The Bertz CT molecular complexity index is 679. The second-order valence-corrected chi connectivity index (χ2v) is 5.83. The molecule has 3 nitrogen and oxygen atoms in total. The molecule has 3 rings (SSSR count). The van der Waals surface area contributed by atoms with E-state index < -0.39 is 10.5 Å².